The highest BCUT2D eigenvalue weighted by atomic mass is 19.1. The summed E-state index contributed by atoms with van der Waals surface area (Å²) in [6.45, 7) is 3.19. The number of aromatic nitrogens is 2. The predicted octanol–water partition coefficient (Wildman–Crippen LogP) is 3.44. The zero-order chi connectivity index (χ0) is 21.4. The lowest BCUT2D eigenvalue weighted by Gasteiger charge is -2.22. The van der Waals surface area contributed by atoms with Gasteiger partial charge in [-0.1, -0.05) is 12.1 Å². The van der Waals surface area contributed by atoms with Crippen LogP contribution in [-0.4, -0.2) is 33.6 Å². The number of Topliss-reactive ketones (excluding diaryl/α,β-unsaturated/α-hetero) is 1. The highest BCUT2D eigenvalue weighted by Gasteiger charge is 2.42. The third-order valence-electron chi connectivity index (χ3n) is 6.34. The lowest BCUT2D eigenvalue weighted by molar-refractivity contribution is -0.122. The zero-order valence-corrected chi connectivity index (χ0v) is 17.2. The number of halogens is 1. The number of piperidine rings is 1. The highest BCUT2D eigenvalue weighted by molar-refractivity contribution is 5.85. The lowest BCUT2D eigenvalue weighted by Crippen LogP contribution is -2.42. The molecule has 1 N–H and O–H groups in total. The fourth-order valence-electron chi connectivity index (χ4n) is 4.82. The molecule has 1 saturated carbocycles. The summed E-state index contributed by atoms with van der Waals surface area (Å²) < 4.78 is 16.0. The first-order valence-corrected chi connectivity index (χ1v) is 10.4. The molecule has 2 bridgehead atoms. The van der Waals surface area contributed by atoms with Crippen LogP contribution in [0.3, 0.4) is 0 Å². The second-order valence-corrected chi connectivity index (χ2v) is 8.52. The summed E-state index contributed by atoms with van der Waals surface area (Å²) in [5.41, 5.74) is 2.17. The Bertz CT molecular complexity index is 1040. The maximum absolute atomic E-state index is 14.8. The van der Waals surface area contributed by atoms with Crippen LogP contribution < -0.4 is 5.32 Å². The smallest absolute Gasteiger partial charge is 0.243 e. The van der Waals surface area contributed by atoms with Gasteiger partial charge in [-0.15, -0.1) is 0 Å². The number of hydrogen-bond acceptors (Lipinski definition) is 5. The van der Waals surface area contributed by atoms with Crippen LogP contribution in [0.4, 0.5) is 4.39 Å². The van der Waals surface area contributed by atoms with Crippen LogP contribution in [0.1, 0.15) is 48.7 Å². The number of rotatable bonds is 6. The Morgan fingerprint density at radius 3 is 2.73 bits per heavy atom. The third kappa shape index (κ3) is 3.92. The molecule has 30 heavy (non-hydrogen) atoms. The molecule has 4 rings (SSSR count). The van der Waals surface area contributed by atoms with Crippen LogP contribution in [0.2, 0.25) is 0 Å². The van der Waals surface area contributed by atoms with Crippen LogP contribution in [-0.2, 0) is 11.2 Å². The lowest BCUT2D eigenvalue weighted by atomic mass is 9.88. The van der Waals surface area contributed by atoms with Gasteiger partial charge in [-0.05, 0) is 56.2 Å². The predicted molar refractivity (Wildman–Crippen MR) is 109 cm³/mol. The SMILES string of the molecule is CC(=O)n1nc(-c2ccc(CC(C#N)CC(=O)[C@H]3N[C@@H]4CC[C@H]3C4)c(F)c2)cc1C. The van der Waals surface area contributed by atoms with Gasteiger partial charge in [-0.3, -0.25) is 9.59 Å². The number of carbonyl (C=O) groups is 2. The van der Waals surface area contributed by atoms with Gasteiger partial charge in [0.05, 0.1) is 23.7 Å². The molecule has 1 unspecified atom stereocenters. The van der Waals surface area contributed by atoms with Crippen molar-refractivity contribution in [3.8, 4) is 17.3 Å². The molecule has 2 fully saturated rings. The summed E-state index contributed by atoms with van der Waals surface area (Å²) in [6, 6.07) is 8.94. The molecule has 2 aliphatic rings. The van der Waals surface area contributed by atoms with Crippen molar-refractivity contribution in [2.75, 3.05) is 0 Å². The standard InChI is InChI=1S/C23H25FN4O2/c1-13-7-21(27-28(13)14(2)29)17-4-3-16(20(24)11-17)8-15(12-25)9-22(30)23-18-5-6-19(10-18)26-23/h3-4,7,11,15,18-19,23,26H,5-6,8-10H2,1-2H3/t15?,18-,19+,23-/m0/s1. The number of nitriles is 1. The van der Waals surface area contributed by atoms with Gasteiger partial charge in [0.1, 0.15) is 5.82 Å². The van der Waals surface area contributed by atoms with Crippen LogP contribution >= 0.6 is 0 Å². The van der Waals surface area contributed by atoms with Gasteiger partial charge in [0.2, 0.25) is 5.91 Å². The monoisotopic (exact) mass is 408 g/mol. The van der Waals surface area contributed by atoms with E-state index in [1.807, 2.05) is 0 Å². The summed E-state index contributed by atoms with van der Waals surface area (Å²) in [5.74, 6) is -0.749. The second-order valence-electron chi connectivity index (χ2n) is 8.52. The Labute approximate surface area is 175 Å². The van der Waals surface area contributed by atoms with Crippen molar-refractivity contribution in [1.29, 1.82) is 5.26 Å². The molecule has 0 amide bonds. The van der Waals surface area contributed by atoms with Crippen molar-refractivity contribution in [2.45, 2.75) is 58.0 Å². The average Bonchev–Trinajstić information content (AvgIpc) is 3.44. The molecule has 1 aliphatic heterocycles. The molecule has 0 spiro atoms. The fourth-order valence-corrected chi connectivity index (χ4v) is 4.82. The first kappa shape index (κ1) is 20.4. The molecule has 156 valence electrons. The maximum atomic E-state index is 14.8. The number of hydrogen-bond donors (Lipinski definition) is 1. The summed E-state index contributed by atoms with van der Waals surface area (Å²) in [7, 11) is 0. The van der Waals surface area contributed by atoms with Crippen LogP contribution in [0.5, 0.6) is 0 Å². The topological polar surface area (TPSA) is 87.8 Å². The van der Waals surface area contributed by atoms with E-state index in [9.17, 15) is 19.2 Å². The van der Waals surface area contributed by atoms with Gasteiger partial charge in [0, 0.05) is 30.6 Å². The highest BCUT2D eigenvalue weighted by Crippen LogP contribution is 2.36. The summed E-state index contributed by atoms with van der Waals surface area (Å²) in [4.78, 5) is 24.2. The molecule has 1 saturated heterocycles. The minimum atomic E-state index is -0.557. The van der Waals surface area contributed by atoms with E-state index in [4.69, 9.17) is 0 Å². The van der Waals surface area contributed by atoms with Crippen molar-refractivity contribution < 1.29 is 14.0 Å². The van der Waals surface area contributed by atoms with E-state index in [1.54, 1.807) is 25.1 Å². The number of ketones is 1. The van der Waals surface area contributed by atoms with E-state index < -0.39 is 11.7 Å². The van der Waals surface area contributed by atoms with E-state index in [0.717, 1.165) is 19.3 Å². The van der Waals surface area contributed by atoms with Gasteiger partial charge >= 0.3 is 0 Å². The molecule has 7 heteroatoms. The number of nitrogens with one attached hydrogen (secondary N) is 1. The van der Waals surface area contributed by atoms with E-state index in [1.165, 1.54) is 17.7 Å². The zero-order valence-electron chi connectivity index (χ0n) is 17.2. The van der Waals surface area contributed by atoms with Gasteiger partial charge in [0.25, 0.3) is 0 Å². The molecular weight excluding hydrogens is 383 g/mol. The quantitative estimate of drug-likeness (QED) is 0.791. The third-order valence-corrected chi connectivity index (χ3v) is 6.34. The van der Waals surface area contributed by atoms with Gasteiger partial charge in [-0.2, -0.15) is 10.4 Å². The van der Waals surface area contributed by atoms with Crippen molar-refractivity contribution in [2.24, 2.45) is 11.8 Å². The summed E-state index contributed by atoms with van der Waals surface area (Å²) in [5, 5.41) is 17.1. The number of aryl methyl sites for hydroxylation is 1. The molecule has 2 aromatic rings. The van der Waals surface area contributed by atoms with Crippen molar-refractivity contribution in [3.63, 3.8) is 0 Å². The molecule has 1 aliphatic carbocycles. The Morgan fingerprint density at radius 2 is 2.17 bits per heavy atom. The molecule has 1 aromatic carbocycles. The first-order chi connectivity index (χ1) is 14.4. The number of nitrogens with zero attached hydrogens (tertiary/aromatic N) is 3. The number of benzene rings is 1. The minimum absolute atomic E-state index is 0.0658. The van der Waals surface area contributed by atoms with Gasteiger partial charge in [-0.25, -0.2) is 9.07 Å². The molecule has 4 atom stereocenters. The van der Waals surface area contributed by atoms with Gasteiger partial charge < -0.3 is 5.32 Å². The molecular formula is C23H25FN4O2. The van der Waals surface area contributed by atoms with E-state index in [-0.39, 0.29) is 30.6 Å². The normalized spacial score (nSPS) is 23.3. The Balaban J connectivity index is 1.45. The minimum Gasteiger partial charge on any atom is -0.304 e. The summed E-state index contributed by atoms with van der Waals surface area (Å²) >= 11 is 0. The maximum Gasteiger partial charge on any atom is 0.243 e. The second kappa shape index (κ2) is 8.11. The van der Waals surface area contributed by atoms with E-state index in [0.29, 0.717) is 34.5 Å². The van der Waals surface area contributed by atoms with Crippen molar-refractivity contribution in [3.05, 3.63) is 41.3 Å². The largest absolute Gasteiger partial charge is 0.304 e. The number of fused-ring (bicyclic) bond motifs is 2. The fraction of sp³-hybridized carbons (Fsp3) is 0.478. The van der Waals surface area contributed by atoms with E-state index >= 15 is 0 Å². The first-order valence-electron chi connectivity index (χ1n) is 10.4. The molecule has 1 aromatic heterocycles. The number of carbonyl (C=O) groups excluding carboxylic acids is 2. The Morgan fingerprint density at radius 1 is 1.37 bits per heavy atom. The molecule has 0 radical (unpaired) electrons. The average molecular weight is 408 g/mol. The Hall–Kier alpha value is -2.85. The van der Waals surface area contributed by atoms with Crippen LogP contribution in [0, 0.1) is 35.9 Å². The van der Waals surface area contributed by atoms with Gasteiger partial charge in [0.15, 0.2) is 5.78 Å². The van der Waals surface area contributed by atoms with Crippen LogP contribution in [0.25, 0.3) is 11.3 Å². The van der Waals surface area contributed by atoms with E-state index in [2.05, 4.69) is 16.5 Å². The van der Waals surface area contributed by atoms with Crippen molar-refractivity contribution in [1.82, 2.24) is 15.1 Å². The van der Waals surface area contributed by atoms with Crippen LogP contribution in [0.15, 0.2) is 24.3 Å². The summed E-state index contributed by atoms with van der Waals surface area (Å²) in [6.07, 6.45) is 3.57. The van der Waals surface area contributed by atoms with Crippen molar-refractivity contribution >= 4 is 11.7 Å². The molecule has 6 nitrogen and oxygen atoms in total. The molecule has 2 heterocycles. The Kier molecular flexibility index (Phi) is 5.52.